The van der Waals surface area contributed by atoms with Gasteiger partial charge < -0.3 is 24.9 Å². The van der Waals surface area contributed by atoms with Crippen molar-refractivity contribution in [2.24, 2.45) is 0 Å². The van der Waals surface area contributed by atoms with Crippen molar-refractivity contribution in [2.75, 3.05) is 84.0 Å². The molecule has 2 aromatic rings. The molecule has 0 atom stereocenters. The first-order valence-electron chi connectivity index (χ1n) is 13.6. The van der Waals surface area contributed by atoms with Crippen LogP contribution in [0.5, 0.6) is 0 Å². The van der Waals surface area contributed by atoms with Gasteiger partial charge in [-0.15, -0.1) is 22.7 Å². The lowest BCUT2D eigenvalue weighted by molar-refractivity contribution is -0.130. The average molecular weight is 814 g/mol. The first-order chi connectivity index (χ1) is 19.5. The maximum atomic E-state index is 11.1. The Bertz CT molecular complexity index is 938. The summed E-state index contributed by atoms with van der Waals surface area (Å²) in [5.41, 5.74) is 0. The number of anilines is 1. The molecule has 2 amide bonds. The van der Waals surface area contributed by atoms with Gasteiger partial charge in [-0.2, -0.15) is 0 Å². The predicted molar refractivity (Wildman–Crippen MR) is 184 cm³/mol. The minimum Gasteiger partial charge on any atom is -0.345 e. The Balaban J connectivity index is 0. The minimum absolute atomic E-state index is 0. The van der Waals surface area contributed by atoms with E-state index in [4.69, 9.17) is 1.37 Å². The summed E-state index contributed by atoms with van der Waals surface area (Å²) in [6.07, 6.45) is 0. The van der Waals surface area contributed by atoms with Gasteiger partial charge in [0.1, 0.15) is 9.21 Å². The molecular weight excluding hydrogens is 765 g/mol. The molecule has 2 saturated heterocycles. The fourth-order valence-corrected chi connectivity index (χ4v) is 6.47. The van der Waals surface area contributed by atoms with E-state index < -0.39 is 7.15 Å². The molecule has 2 aliphatic rings. The highest BCUT2D eigenvalue weighted by atomic mass is 79.9. The van der Waals surface area contributed by atoms with Crippen LogP contribution in [0.25, 0.3) is 0 Å². The zero-order valence-corrected chi connectivity index (χ0v) is 30.4. The summed E-state index contributed by atoms with van der Waals surface area (Å²) < 4.78 is 18.2. The van der Waals surface area contributed by atoms with E-state index in [1.54, 1.807) is 36.5 Å². The van der Waals surface area contributed by atoms with Gasteiger partial charge in [-0.3, -0.25) is 14.0 Å². The van der Waals surface area contributed by atoms with Gasteiger partial charge in [-0.25, -0.2) is 9.97 Å². The van der Waals surface area contributed by atoms with Crippen LogP contribution in [0.3, 0.4) is 0 Å². The predicted octanol–water partition coefficient (Wildman–Crippen LogP) is 6.25. The molecule has 0 unspecified atom stereocenters. The first kappa shape index (κ1) is 40.3. The second kappa shape index (κ2) is 25.8. The summed E-state index contributed by atoms with van der Waals surface area (Å²) in [7, 11) is -1.00. The summed E-state index contributed by atoms with van der Waals surface area (Å²) in [5.74, 6) is 0.353. The van der Waals surface area contributed by atoms with E-state index in [0.29, 0.717) is 0 Å². The van der Waals surface area contributed by atoms with E-state index in [-0.39, 0.29) is 19.2 Å². The molecule has 0 bridgehead atoms. The number of thiazole rings is 2. The summed E-state index contributed by atoms with van der Waals surface area (Å²) in [4.78, 5) is 38.5. The normalized spacial score (nSPS) is 14.4. The van der Waals surface area contributed by atoms with Crippen LogP contribution >= 0.6 is 70.5 Å². The molecule has 0 saturated carbocycles. The lowest BCUT2D eigenvalue weighted by atomic mass is 10.3. The van der Waals surface area contributed by atoms with Crippen molar-refractivity contribution in [3.8, 4) is 0 Å². The van der Waals surface area contributed by atoms with Crippen LogP contribution in [0.1, 0.15) is 43.4 Å². The lowest BCUT2D eigenvalue weighted by Crippen LogP contribution is -2.48. The molecule has 4 rings (SSSR count). The maximum absolute atomic E-state index is 11.1. The van der Waals surface area contributed by atoms with Crippen LogP contribution in [0.4, 0.5) is 9.52 Å². The van der Waals surface area contributed by atoms with Crippen molar-refractivity contribution in [1.82, 2.24) is 30.0 Å². The molecular formula is C26H47Br3FN7O2S2. The molecule has 2 aliphatic heterocycles. The fourth-order valence-electron chi connectivity index (χ4n) is 3.49. The molecule has 0 radical (unpaired) electrons. The van der Waals surface area contributed by atoms with Gasteiger partial charge in [-0.05, 0) is 67.4 Å². The first-order valence-corrected chi connectivity index (χ1v) is 17.1. The number of carbonyl (C=O) groups excluding carboxylic acids is 2. The molecule has 2 fully saturated rings. The second-order valence-electron chi connectivity index (χ2n) is 8.24. The second-order valence-corrected chi connectivity index (χ2v) is 12.8. The Kier molecular flexibility index (Phi) is 25.3. The van der Waals surface area contributed by atoms with E-state index >= 15 is 0 Å². The third-order valence-electron chi connectivity index (χ3n) is 5.81. The zero-order chi connectivity index (χ0) is 31.2. The molecule has 9 nitrogen and oxygen atoms in total. The minimum atomic E-state index is -1.00. The number of nitrogens with one attached hydrogen (secondary N) is 1. The molecule has 0 aliphatic carbocycles. The van der Waals surface area contributed by atoms with Crippen LogP contribution in [0.2, 0.25) is 0 Å². The van der Waals surface area contributed by atoms with Crippen molar-refractivity contribution in [3.63, 3.8) is 0 Å². The van der Waals surface area contributed by atoms with Crippen LogP contribution < -0.4 is 10.2 Å². The van der Waals surface area contributed by atoms with Crippen LogP contribution in [0.15, 0.2) is 23.9 Å². The number of piperazine rings is 2. The molecule has 1 N–H and O–H groups in total. The Morgan fingerprint density at radius 3 is 1.61 bits per heavy atom. The Hall–Kier alpha value is -0.710. The Morgan fingerprint density at radius 2 is 1.34 bits per heavy atom. The number of hydrogen-bond acceptors (Lipinski definition) is 9. The number of aromatic nitrogens is 2. The Morgan fingerprint density at radius 1 is 0.902 bits per heavy atom. The van der Waals surface area contributed by atoms with E-state index in [1.807, 2.05) is 20.6 Å². The molecule has 238 valence electrons. The SMILES string of the molecule is Brc1csc(Br)n1.C.CC(=O)N1CCN(c2nc(Br)cs2)CC1.CC(=O)N1CCNCC1.CCN(CC)CC.[2H]CF. The quantitative estimate of drug-likeness (QED) is 0.391. The van der Waals surface area contributed by atoms with Gasteiger partial charge >= 0.3 is 0 Å². The molecule has 0 aromatic carbocycles. The van der Waals surface area contributed by atoms with Gasteiger partial charge in [0.2, 0.25) is 11.8 Å². The van der Waals surface area contributed by atoms with Gasteiger partial charge in [0.05, 0.1) is 8.52 Å². The smallest absolute Gasteiger partial charge is 0.219 e. The van der Waals surface area contributed by atoms with Gasteiger partial charge in [0.15, 0.2) is 9.05 Å². The van der Waals surface area contributed by atoms with Crippen LogP contribution in [0, 0.1) is 0 Å². The van der Waals surface area contributed by atoms with Crippen LogP contribution in [-0.2, 0) is 9.59 Å². The number of carbonyl (C=O) groups is 2. The van der Waals surface area contributed by atoms with Gasteiger partial charge in [0, 0.05) is 77.0 Å². The summed E-state index contributed by atoms with van der Waals surface area (Å²) in [5, 5.41) is 8.11. The standard InChI is InChI=1S/C9H12BrN3OS.C6H12N2O.C6H15N.C3HBr2NS.CH3F.CH4/c1-7(14)12-2-4-13(5-3-12)9-11-8(10)6-15-9;1-6(9)8-4-2-7-3-5-8;1-4-7(5-2)6-3;4-2-1-7-3(5)6-2;1-2;/h6H,2-5H2,1H3;7H,2-5H2,1H3;4-6H2,1-3H3;1H;1H3;1H4/i;;;;1D;. The molecule has 4 heterocycles. The summed E-state index contributed by atoms with van der Waals surface area (Å²) >= 11 is 12.9. The third-order valence-corrected chi connectivity index (χ3v) is 9.50. The molecule has 41 heavy (non-hydrogen) atoms. The molecule has 15 heteroatoms. The van der Waals surface area contributed by atoms with E-state index in [1.165, 1.54) is 19.6 Å². The largest absolute Gasteiger partial charge is 0.345 e. The fraction of sp³-hybridized carbons (Fsp3) is 0.692. The lowest BCUT2D eigenvalue weighted by Gasteiger charge is -2.33. The van der Waals surface area contributed by atoms with Gasteiger partial charge in [0.25, 0.3) is 0 Å². The van der Waals surface area contributed by atoms with Crippen molar-refractivity contribution in [1.29, 1.82) is 0 Å². The molecule has 2 aromatic heterocycles. The van der Waals surface area contributed by atoms with Crippen molar-refractivity contribution < 1.29 is 15.4 Å². The number of halogens is 4. The highest BCUT2D eigenvalue weighted by molar-refractivity contribution is 9.11. The average Bonchev–Trinajstić information content (AvgIpc) is 3.58. The topological polar surface area (TPSA) is 84.9 Å². The maximum Gasteiger partial charge on any atom is 0.219 e. The molecule has 0 spiro atoms. The van der Waals surface area contributed by atoms with Crippen molar-refractivity contribution >= 4 is 87.4 Å². The summed E-state index contributed by atoms with van der Waals surface area (Å²) in [6.45, 7) is 20.3. The number of alkyl halides is 1. The highest BCUT2D eigenvalue weighted by Gasteiger charge is 2.20. The highest BCUT2D eigenvalue weighted by Crippen LogP contribution is 2.24. The van der Waals surface area contributed by atoms with E-state index in [0.717, 1.165) is 70.6 Å². The number of nitrogens with zero attached hydrogens (tertiary/aromatic N) is 6. The van der Waals surface area contributed by atoms with E-state index in [2.05, 4.69) is 93.6 Å². The van der Waals surface area contributed by atoms with Crippen molar-refractivity contribution in [3.05, 3.63) is 23.9 Å². The summed E-state index contributed by atoms with van der Waals surface area (Å²) in [6, 6.07) is 0. The monoisotopic (exact) mass is 810 g/mol. The number of rotatable bonds is 4. The number of hydrogen-bond donors (Lipinski definition) is 1. The third kappa shape index (κ3) is 19.2. The Labute approximate surface area is 281 Å². The van der Waals surface area contributed by atoms with Gasteiger partial charge in [-0.1, -0.05) is 28.2 Å². The zero-order valence-electron chi connectivity index (χ0n) is 25.0. The number of amides is 2. The van der Waals surface area contributed by atoms with Crippen LogP contribution in [-0.4, -0.2) is 116 Å². The van der Waals surface area contributed by atoms with E-state index in [9.17, 15) is 14.0 Å². The van der Waals surface area contributed by atoms with Crippen molar-refractivity contribution in [2.45, 2.75) is 42.0 Å².